The summed E-state index contributed by atoms with van der Waals surface area (Å²) in [6.07, 6.45) is -4.45. The number of aryl methyl sites for hydroxylation is 1. The third-order valence-electron chi connectivity index (χ3n) is 1.68. The van der Waals surface area contributed by atoms with Gasteiger partial charge in [-0.2, -0.15) is 18.3 Å². The van der Waals surface area contributed by atoms with Crippen LogP contribution in [0.2, 0.25) is 0 Å². The van der Waals surface area contributed by atoms with Crippen LogP contribution in [0.15, 0.2) is 0 Å². The number of alkyl halides is 3. The van der Waals surface area contributed by atoms with E-state index in [1.165, 1.54) is 0 Å². The standard InChI is InChI=1S/C7H10F3N5O/c1-3-4(11)5(15-14-3)13-6(16)12-2-7(8,9)10/h2,11H2,1H3,(H3,12,13,14,15,16). The van der Waals surface area contributed by atoms with Crippen LogP contribution in [0.4, 0.5) is 29.5 Å². The molecule has 0 spiro atoms. The zero-order chi connectivity index (χ0) is 12.3. The highest BCUT2D eigenvalue weighted by Gasteiger charge is 2.27. The van der Waals surface area contributed by atoms with Crippen LogP contribution in [0.3, 0.4) is 0 Å². The van der Waals surface area contributed by atoms with E-state index in [4.69, 9.17) is 5.73 Å². The topological polar surface area (TPSA) is 95.8 Å². The second-order valence-electron chi connectivity index (χ2n) is 3.03. The molecular formula is C7H10F3N5O. The van der Waals surface area contributed by atoms with Gasteiger partial charge in [-0.1, -0.05) is 0 Å². The molecule has 5 N–H and O–H groups in total. The summed E-state index contributed by atoms with van der Waals surface area (Å²) >= 11 is 0. The first-order chi connectivity index (χ1) is 7.29. The van der Waals surface area contributed by atoms with Crippen molar-refractivity contribution in [1.82, 2.24) is 15.5 Å². The highest BCUT2D eigenvalue weighted by molar-refractivity contribution is 5.91. The van der Waals surface area contributed by atoms with Gasteiger partial charge in [-0.15, -0.1) is 0 Å². The molecule has 2 amide bonds. The summed E-state index contributed by atoms with van der Waals surface area (Å²) in [6.45, 7) is 0.198. The molecule has 1 rings (SSSR count). The third kappa shape index (κ3) is 3.33. The van der Waals surface area contributed by atoms with Crippen LogP contribution < -0.4 is 16.4 Å². The number of aromatic nitrogens is 2. The highest BCUT2D eigenvalue weighted by Crippen LogP contribution is 2.17. The van der Waals surface area contributed by atoms with Crippen LogP contribution in [-0.4, -0.2) is 28.9 Å². The Balaban J connectivity index is 2.49. The Morgan fingerprint density at radius 1 is 1.56 bits per heavy atom. The van der Waals surface area contributed by atoms with Crippen molar-refractivity contribution < 1.29 is 18.0 Å². The molecule has 0 atom stereocenters. The minimum atomic E-state index is -4.45. The normalized spacial score (nSPS) is 11.2. The number of nitrogen functional groups attached to an aromatic ring is 1. The average molecular weight is 237 g/mol. The fourth-order valence-electron chi connectivity index (χ4n) is 0.865. The van der Waals surface area contributed by atoms with Gasteiger partial charge in [0.1, 0.15) is 6.54 Å². The lowest BCUT2D eigenvalue weighted by molar-refractivity contribution is -0.122. The summed E-state index contributed by atoms with van der Waals surface area (Å²) in [5, 5.41) is 9.78. The van der Waals surface area contributed by atoms with E-state index >= 15 is 0 Å². The van der Waals surface area contributed by atoms with Gasteiger partial charge in [0, 0.05) is 0 Å². The van der Waals surface area contributed by atoms with Crippen LogP contribution in [0.25, 0.3) is 0 Å². The second kappa shape index (κ2) is 4.29. The summed E-state index contributed by atoms with van der Waals surface area (Å²) in [7, 11) is 0. The molecular weight excluding hydrogens is 227 g/mol. The number of rotatable bonds is 2. The number of nitrogens with one attached hydrogen (secondary N) is 3. The maximum Gasteiger partial charge on any atom is 0.405 e. The molecule has 0 aliphatic carbocycles. The summed E-state index contributed by atoms with van der Waals surface area (Å²) in [4.78, 5) is 11.0. The molecule has 1 aromatic rings. The molecule has 0 unspecified atom stereocenters. The van der Waals surface area contributed by atoms with Gasteiger partial charge in [0.05, 0.1) is 11.4 Å². The van der Waals surface area contributed by atoms with Crippen molar-refractivity contribution >= 4 is 17.5 Å². The molecule has 1 aromatic heterocycles. The number of hydrogen-bond donors (Lipinski definition) is 4. The van der Waals surface area contributed by atoms with Gasteiger partial charge in [-0.05, 0) is 6.92 Å². The number of halogens is 3. The minimum absolute atomic E-state index is 0.00262. The monoisotopic (exact) mass is 237 g/mol. The number of carbonyl (C=O) groups excluding carboxylic acids is 1. The first-order valence-electron chi connectivity index (χ1n) is 4.21. The van der Waals surface area contributed by atoms with E-state index in [2.05, 4.69) is 15.5 Å². The van der Waals surface area contributed by atoms with Crippen molar-refractivity contribution in [3.05, 3.63) is 5.69 Å². The van der Waals surface area contributed by atoms with Crippen LogP contribution >= 0.6 is 0 Å². The van der Waals surface area contributed by atoms with Gasteiger partial charge < -0.3 is 11.1 Å². The Morgan fingerprint density at radius 2 is 2.19 bits per heavy atom. The molecule has 0 saturated carbocycles. The zero-order valence-corrected chi connectivity index (χ0v) is 8.27. The number of H-pyrrole nitrogens is 1. The van der Waals surface area contributed by atoms with Crippen LogP contribution in [0, 0.1) is 6.92 Å². The molecule has 16 heavy (non-hydrogen) atoms. The molecule has 0 radical (unpaired) electrons. The van der Waals surface area contributed by atoms with Crippen molar-refractivity contribution in [2.24, 2.45) is 0 Å². The van der Waals surface area contributed by atoms with Crippen molar-refractivity contribution in [1.29, 1.82) is 0 Å². The quantitative estimate of drug-likeness (QED) is 0.617. The van der Waals surface area contributed by atoms with Gasteiger partial charge in [-0.3, -0.25) is 10.4 Å². The molecule has 90 valence electrons. The first kappa shape index (κ1) is 12.1. The van der Waals surface area contributed by atoms with E-state index in [0.29, 0.717) is 5.69 Å². The van der Waals surface area contributed by atoms with E-state index in [0.717, 1.165) is 0 Å². The van der Waals surface area contributed by atoms with Gasteiger partial charge in [-0.25, -0.2) is 4.79 Å². The highest BCUT2D eigenvalue weighted by atomic mass is 19.4. The van der Waals surface area contributed by atoms with E-state index in [1.54, 1.807) is 12.2 Å². The Labute approximate surface area is 88.4 Å². The Kier molecular flexibility index (Phi) is 3.25. The summed E-state index contributed by atoms with van der Waals surface area (Å²) in [5.74, 6) is -0.00262. The van der Waals surface area contributed by atoms with Gasteiger partial charge in [0.15, 0.2) is 5.82 Å². The van der Waals surface area contributed by atoms with Crippen molar-refractivity contribution in [3.8, 4) is 0 Å². The maximum absolute atomic E-state index is 11.7. The first-order valence-corrected chi connectivity index (χ1v) is 4.21. The smallest absolute Gasteiger partial charge is 0.394 e. The number of anilines is 2. The maximum atomic E-state index is 11.7. The van der Waals surface area contributed by atoms with Gasteiger partial charge >= 0.3 is 12.2 Å². The predicted molar refractivity (Wildman–Crippen MR) is 50.8 cm³/mol. The zero-order valence-electron chi connectivity index (χ0n) is 8.27. The van der Waals surface area contributed by atoms with Crippen LogP contribution in [-0.2, 0) is 0 Å². The number of urea groups is 1. The number of nitrogens with zero attached hydrogens (tertiary/aromatic N) is 1. The molecule has 0 aliphatic rings. The van der Waals surface area contributed by atoms with E-state index in [1.807, 2.05) is 0 Å². The molecule has 1 heterocycles. The molecule has 9 heteroatoms. The fourth-order valence-corrected chi connectivity index (χ4v) is 0.865. The lowest BCUT2D eigenvalue weighted by Gasteiger charge is -2.08. The minimum Gasteiger partial charge on any atom is -0.394 e. The van der Waals surface area contributed by atoms with Crippen molar-refractivity contribution in [3.63, 3.8) is 0 Å². The SMILES string of the molecule is Cc1[nH]nc(NC(=O)NCC(F)(F)F)c1N. The van der Waals surface area contributed by atoms with Crippen molar-refractivity contribution in [2.75, 3.05) is 17.6 Å². The third-order valence-corrected chi connectivity index (χ3v) is 1.68. The molecule has 0 aliphatic heterocycles. The fraction of sp³-hybridized carbons (Fsp3) is 0.429. The number of amides is 2. The Morgan fingerprint density at radius 3 is 2.62 bits per heavy atom. The predicted octanol–water partition coefficient (Wildman–Crippen LogP) is 0.984. The van der Waals surface area contributed by atoms with Gasteiger partial charge in [0.25, 0.3) is 0 Å². The largest absolute Gasteiger partial charge is 0.405 e. The summed E-state index contributed by atoms with van der Waals surface area (Å²) in [5.41, 5.74) is 6.18. The van der Waals surface area contributed by atoms with E-state index in [-0.39, 0.29) is 11.5 Å². The number of nitrogens with two attached hydrogens (primary N) is 1. The Hall–Kier alpha value is -1.93. The summed E-state index contributed by atoms with van der Waals surface area (Å²) in [6, 6.07) is -1.02. The Bertz CT molecular complexity index is 386. The van der Waals surface area contributed by atoms with E-state index < -0.39 is 18.8 Å². The molecule has 0 aromatic carbocycles. The molecule has 6 nitrogen and oxygen atoms in total. The average Bonchev–Trinajstić information content (AvgIpc) is 2.46. The van der Waals surface area contributed by atoms with Gasteiger partial charge in [0.2, 0.25) is 0 Å². The second-order valence-corrected chi connectivity index (χ2v) is 3.03. The lowest BCUT2D eigenvalue weighted by atomic mass is 10.4. The van der Waals surface area contributed by atoms with Crippen molar-refractivity contribution in [2.45, 2.75) is 13.1 Å². The van der Waals surface area contributed by atoms with E-state index in [9.17, 15) is 18.0 Å². The molecule has 0 bridgehead atoms. The molecule has 0 fully saturated rings. The number of carbonyl (C=O) groups is 1. The van der Waals surface area contributed by atoms with Crippen LogP contribution in [0.1, 0.15) is 5.69 Å². The molecule has 0 saturated heterocycles. The summed E-state index contributed by atoms with van der Waals surface area (Å²) < 4.78 is 35.2. The van der Waals surface area contributed by atoms with Crippen LogP contribution in [0.5, 0.6) is 0 Å². The lowest BCUT2D eigenvalue weighted by Crippen LogP contribution is -2.36. The number of hydrogen-bond acceptors (Lipinski definition) is 3. The number of aromatic amines is 1.